The van der Waals surface area contributed by atoms with Crippen LogP contribution in [0.5, 0.6) is 17.2 Å². The SMILES string of the molecule is COc1cc(Nc2cc(N3CCOCC3)ncn2)cc(OC)c1OC. The molecule has 0 unspecified atom stereocenters. The number of anilines is 3. The largest absolute Gasteiger partial charge is 0.493 e. The summed E-state index contributed by atoms with van der Waals surface area (Å²) in [5.74, 6) is 3.25. The van der Waals surface area contributed by atoms with Crippen LogP contribution in [0.2, 0.25) is 0 Å². The van der Waals surface area contributed by atoms with Crippen LogP contribution in [0.4, 0.5) is 17.3 Å². The lowest BCUT2D eigenvalue weighted by atomic mass is 10.2. The van der Waals surface area contributed by atoms with Crippen molar-refractivity contribution in [2.45, 2.75) is 0 Å². The average Bonchev–Trinajstić information content (AvgIpc) is 2.68. The van der Waals surface area contributed by atoms with Crippen LogP contribution in [0.1, 0.15) is 0 Å². The maximum absolute atomic E-state index is 5.38. The molecule has 0 spiro atoms. The number of hydrogen-bond donors (Lipinski definition) is 1. The topological polar surface area (TPSA) is 78.0 Å². The van der Waals surface area contributed by atoms with Gasteiger partial charge in [0.25, 0.3) is 0 Å². The van der Waals surface area contributed by atoms with Gasteiger partial charge in [0, 0.05) is 37.0 Å². The number of nitrogens with one attached hydrogen (secondary N) is 1. The Kier molecular flexibility index (Phi) is 5.39. The second-order valence-corrected chi connectivity index (χ2v) is 5.40. The van der Waals surface area contributed by atoms with Crippen molar-refractivity contribution >= 4 is 17.3 Å². The van der Waals surface area contributed by atoms with Crippen LogP contribution < -0.4 is 24.4 Å². The fourth-order valence-electron chi connectivity index (χ4n) is 2.68. The summed E-state index contributed by atoms with van der Waals surface area (Å²) in [7, 11) is 4.75. The van der Waals surface area contributed by atoms with Crippen molar-refractivity contribution in [1.29, 1.82) is 0 Å². The Labute approximate surface area is 146 Å². The normalized spacial score (nSPS) is 14.1. The molecule has 8 nitrogen and oxygen atoms in total. The van der Waals surface area contributed by atoms with Gasteiger partial charge in [-0.3, -0.25) is 0 Å². The van der Waals surface area contributed by atoms with E-state index in [2.05, 4.69) is 20.2 Å². The average molecular weight is 346 g/mol. The third kappa shape index (κ3) is 3.85. The van der Waals surface area contributed by atoms with Gasteiger partial charge in [0.05, 0.1) is 34.5 Å². The molecule has 25 heavy (non-hydrogen) atoms. The summed E-state index contributed by atoms with van der Waals surface area (Å²) < 4.78 is 21.5. The Morgan fingerprint density at radius 2 is 1.64 bits per heavy atom. The maximum Gasteiger partial charge on any atom is 0.203 e. The molecule has 2 heterocycles. The lowest BCUT2D eigenvalue weighted by Gasteiger charge is -2.27. The molecule has 134 valence electrons. The zero-order valence-corrected chi connectivity index (χ0v) is 14.6. The Hall–Kier alpha value is -2.74. The monoisotopic (exact) mass is 346 g/mol. The minimum Gasteiger partial charge on any atom is -0.493 e. The number of methoxy groups -OCH3 is 3. The van der Waals surface area contributed by atoms with Crippen LogP contribution in [0, 0.1) is 0 Å². The molecule has 0 bridgehead atoms. The highest BCUT2D eigenvalue weighted by Crippen LogP contribution is 2.40. The lowest BCUT2D eigenvalue weighted by molar-refractivity contribution is 0.122. The number of rotatable bonds is 6. The smallest absolute Gasteiger partial charge is 0.203 e. The van der Waals surface area contributed by atoms with Crippen LogP contribution in [0.25, 0.3) is 0 Å². The van der Waals surface area contributed by atoms with Crippen LogP contribution in [0.15, 0.2) is 24.5 Å². The van der Waals surface area contributed by atoms with Gasteiger partial charge in [-0.05, 0) is 0 Å². The Morgan fingerprint density at radius 1 is 0.960 bits per heavy atom. The van der Waals surface area contributed by atoms with E-state index in [0.717, 1.165) is 24.6 Å². The highest BCUT2D eigenvalue weighted by Gasteiger charge is 2.15. The lowest BCUT2D eigenvalue weighted by Crippen LogP contribution is -2.36. The summed E-state index contributed by atoms with van der Waals surface area (Å²) in [5.41, 5.74) is 0.779. The van der Waals surface area contributed by atoms with E-state index in [1.54, 1.807) is 27.7 Å². The van der Waals surface area contributed by atoms with Crippen molar-refractivity contribution in [3.05, 3.63) is 24.5 Å². The van der Waals surface area contributed by atoms with Crippen molar-refractivity contribution < 1.29 is 18.9 Å². The zero-order chi connectivity index (χ0) is 17.6. The zero-order valence-electron chi connectivity index (χ0n) is 14.6. The summed E-state index contributed by atoms with van der Waals surface area (Å²) in [6.07, 6.45) is 1.55. The summed E-state index contributed by atoms with van der Waals surface area (Å²) in [6, 6.07) is 5.57. The molecule has 1 fully saturated rings. The molecule has 0 radical (unpaired) electrons. The summed E-state index contributed by atoms with van der Waals surface area (Å²) in [6.45, 7) is 3.06. The van der Waals surface area contributed by atoms with Gasteiger partial charge in [-0.2, -0.15) is 0 Å². The quantitative estimate of drug-likeness (QED) is 0.852. The Morgan fingerprint density at radius 3 is 2.24 bits per heavy atom. The molecule has 0 aliphatic carbocycles. The number of benzene rings is 1. The van der Waals surface area contributed by atoms with E-state index in [4.69, 9.17) is 18.9 Å². The van der Waals surface area contributed by atoms with E-state index >= 15 is 0 Å². The molecule has 0 amide bonds. The predicted molar refractivity (Wildman–Crippen MR) is 94.4 cm³/mol. The van der Waals surface area contributed by atoms with Gasteiger partial charge in [0.1, 0.15) is 18.0 Å². The minimum absolute atomic E-state index is 0.548. The number of hydrogen-bond acceptors (Lipinski definition) is 8. The van der Waals surface area contributed by atoms with Crippen LogP contribution >= 0.6 is 0 Å². The molecule has 1 aliphatic rings. The van der Waals surface area contributed by atoms with E-state index in [9.17, 15) is 0 Å². The van der Waals surface area contributed by atoms with E-state index in [1.807, 2.05) is 18.2 Å². The van der Waals surface area contributed by atoms with Crippen LogP contribution in [-0.4, -0.2) is 57.6 Å². The van der Waals surface area contributed by atoms with Crippen LogP contribution in [-0.2, 0) is 4.74 Å². The second kappa shape index (κ2) is 7.89. The van der Waals surface area contributed by atoms with Crippen molar-refractivity contribution in [3.8, 4) is 17.2 Å². The maximum atomic E-state index is 5.38. The molecule has 8 heteroatoms. The molecular formula is C17H22N4O4. The molecule has 0 saturated carbocycles. The second-order valence-electron chi connectivity index (χ2n) is 5.40. The Bertz CT molecular complexity index is 695. The highest BCUT2D eigenvalue weighted by molar-refractivity contribution is 5.67. The fraction of sp³-hybridized carbons (Fsp3) is 0.412. The molecule has 1 N–H and O–H groups in total. The van der Waals surface area contributed by atoms with Gasteiger partial charge in [0.15, 0.2) is 11.5 Å². The first-order valence-electron chi connectivity index (χ1n) is 7.97. The van der Waals surface area contributed by atoms with E-state index in [1.165, 1.54) is 0 Å². The molecule has 3 rings (SSSR count). The third-order valence-electron chi connectivity index (χ3n) is 3.92. The molecule has 1 aromatic carbocycles. The van der Waals surface area contributed by atoms with E-state index in [0.29, 0.717) is 36.3 Å². The van der Waals surface area contributed by atoms with Gasteiger partial charge in [-0.25, -0.2) is 9.97 Å². The molecular weight excluding hydrogens is 324 g/mol. The van der Waals surface area contributed by atoms with Crippen molar-refractivity contribution in [3.63, 3.8) is 0 Å². The molecule has 1 saturated heterocycles. The van der Waals surface area contributed by atoms with Gasteiger partial charge in [0.2, 0.25) is 5.75 Å². The number of morpholine rings is 1. The first-order valence-corrected chi connectivity index (χ1v) is 7.97. The first kappa shape index (κ1) is 17.1. The Balaban J connectivity index is 1.84. The van der Waals surface area contributed by atoms with Crippen molar-refractivity contribution in [1.82, 2.24) is 9.97 Å². The van der Waals surface area contributed by atoms with Gasteiger partial charge >= 0.3 is 0 Å². The number of aromatic nitrogens is 2. The van der Waals surface area contributed by atoms with Gasteiger partial charge < -0.3 is 29.2 Å². The molecule has 1 aliphatic heterocycles. The van der Waals surface area contributed by atoms with Crippen LogP contribution in [0.3, 0.4) is 0 Å². The van der Waals surface area contributed by atoms with E-state index < -0.39 is 0 Å². The third-order valence-corrected chi connectivity index (χ3v) is 3.92. The summed E-state index contributed by atoms with van der Waals surface area (Å²) >= 11 is 0. The van der Waals surface area contributed by atoms with Crippen molar-refractivity contribution in [2.75, 3.05) is 57.8 Å². The van der Waals surface area contributed by atoms with Crippen molar-refractivity contribution in [2.24, 2.45) is 0 Å². The van der Waals surface area contributed by atoms with Gasteiger partial charge in [-0.15, -0.1) is 0 Å². The molecule has 1 aromatic heterocycles. The van der Waals surface area contributed by atoms with Gasteiger partial charge in [-0.1, -0.05) is 0 Å². The number of ether oxygens (including phenoxy) is 4. The molecule has 2 aromatic rings. The standard InChI is InChI=1S/C17H22N4O4/c1-22-13-8-12(9-14(23-2)17(13)24-3)20-15-10-16(19-11-18-15)21-4-6-25-7-5-21/h8-11H,4-7H2,1-3H3,(H,18,19,20). The van der Waals surface area contributed by atoms with E-state index in [-0.39, 0.29) is 0 Å². The number of nitrogens with zero attached hydrogens (tertiary/aromatic N) is 3. The first-order chi connectivity index (χ1) is 12.2. The molecule has 0 atom stereocenters. The highest BCUT2D eigenvalue weighted by atomic mass is 16.5. The minimum atomic E-state index is 0.548. The summed E-state index contributed by atoms with van der Waals surface area (Å²) in [4.78, 5) is 10.8. The summed E-state index contributed by atoms with van der Waals surface area (Å²) in [5, 5.41) is 3.26. The predicted octanol–water partition coefficient (Wildman–Crippen LogP) is 2.08. The fourth-order valence-corrected chi connectivity index (χ4v) is 2.68.